The molecule has 3 aromatic carbocycles. The van der Waals surface area contributed by atoms with Crippen LogP contribution in [0.3, 0.4) is 0 Å². The molecule has 0 bridgehead atoms. The van der Waals surface area contributed by atoms with Crippen molar-refractivity contribution < 1.29 is 9.53 Å². The van der Waals surface area contributed by atoms with E-state index in [1.807, 2.05) is 41.7 Å². The van der Waals surface area contributed by atoms with Gasteiger partial charge in [-0.05, 0) is 49.1 Å². The summed E-state index contributed by atoms with van der Waals surface area (Å²) in [4.78, 5) is 15.8. The van der Waals surface area contributed by atoms with Gasteiger partial charge in [-0.25, -0.2) is 0 Å². The molecule has 0 N–H and O–H groups in total. The third-order valence-electron chi connectivity index (χ3n) is 6.72. The van der Waals surface area contributed by atoms with Crippen LogP contribution in [0.25, 0.3) is 0 Å². The Bertz CT molecular complexity index is 1070. The number of thioether (sulfide) groups is 2. The number of carbonyl (C=O) groups excluding carboxylic acids is 1. The number of hydrogen-bond donors (Lipinski definition) is 0. The van der Waals surface area contributed by atoms with E-state index in [1.165, 1.54) is 11.1 Å². The quantitative estimate of drug-likeness (QED) is 0.279. The molecule has 0 spiro atoms. The second-order valence-electron chi connectivity index (χ2n) is 9.64. The first-order valence-corrected chi connectivity index (χ1v) is 14.3. The fourth-order valence-electron chi connectivity index (χ4n) is 4.63. The van der Waals surface area contributed by atoms with Crippen LogP contribution in [-0.4, -0.2) is 34.5 Å². The van der Waals surface area contributed by atoms with Crippen molar-refractivity contribution in [3.63, 3.8) is 0 Å². The van der Waals surface area contributed by atoms with Crippen molar-refractivity contribution in [1.29, 1.82) is 0 Å². The Balaban J connectivity index is 1.47. The molecule has 35 heavy (non-hydrogen) atoms. The van der Waals surface area contributed by atoms with Crippen molar-refractivity contribution in [2.24, 2.45) is 5.92 Å². The third kappa shape index (κ3) is 6.86. The van der Waals surface area contributed by atoms with E-state index < -0.39 is 0 Å². The number of hydrogen-bond acceptors (Lipinski definition) is 4. The molecule has 2 unspecified atom stereocenters. The Morgan fingerprint density at radius 2 is 1.46 bits per heavy atom. The van der Waals surface area contributed by atoms with Crippen LogP contribution in [0.5, 0.6) is 5.75 Å². The predicted octanol–water partition coefficient (Wildman–Crippen LogP) is 7.06. The zero-order valence-corrected chi connectivity index (χ0v) is 22.5. The topological polar surface area (TPSA) is 29.5 Å². The lowest BCUT2D eigenvalue weighted by Crippen LogP contribution is -2.45. The normalized spacial score (nSPS) is 18.1. The maximum Gasteiger partial charge on any atom is 0.227 e. The first-order chi connectivity index (χ1) is 17.0. The molecule has 0 radical (unpaired) electrons. The summed E-state index contributed by atoms with van der Waals surface area (Å²) in [5.74, 6) is 3.95. The van der Waals surface area contributed by atoms with Gasteiger partial charge in [0, 0.05) is 40.5 Å². The molecular weight excluding hydrogens is 470 g/mol. The summed E-state index contributed by atoms with van der Waals surface area (Å²) in [5.41, 5.74) is 3.78. The summed E-state index contributed by atoms with van der Waals surface area (Å²) in [5, 5.41) is 0. The fraction of sp³-hybridized carbons (Fsp3) is 0.367. The zero-order chi connectivity index (χ0) is 24.7. The van der Waals surface area contributed by atoms with Crippen LogP contribution >= 0.6 is 23.5 Å². The van der Waals surface area contributed by atoms with Crippen molar-refractivity contribution >= 4 is 29.4 Å². The Labute approximate surface area is 218 Å². The minimum atomic E-state index is -0.0587. The molecule has 4 rings (SSSR count). The molecule has 1 heterocycles. The molecular formula is C30H35NO2S2. The number of amides is 1. The van der Waals surface area contributed by atoms with Gasteiger partial charge in [-0.1, -0.05) is 72.8 Å². The molecule has 1 amide bonds. The van der Waals surface area contributed by atoms with Crippen LogP contribution in [0, 0.1) is 5.92 Å². The summed E-state index contributed by atoms with van der Waals surface area (Å²) in [6.45, 7) is 5.25. The van der Waals surface area contributed by atoms with Crippen molar-refractivity contribution in [3.8, 4) is 5.75 Å². The van der Waals surface area contributed by atoms with Gasteiger partial charge >= 0.3 is 0 Å². The number of ether oxygens (including phenoxy) is 1. The molecule has 0 aromatic heterocycles. The minimum Gasteiger partial charge on any atom is -0.497 e. The number of likely N-dealkylation sites (tertiary alicyclic amines) is 1. The SMILES string of the molecule is COc1ccc(CN2C(=O)C(CSCc3ccccc3)CC2C(C)(C)SCc2ccccc2)cc1. The lowest BCUT2D eigenvalue weighted by Gasteiger charge is -2.37. The highest BCUT2D eigenvalue weighted by Gasteiger charge is 2.46. The van der Waals surface area contributed by atoms with Gasteiger partial charge in [-0.2, -0.15) is 11.8 Å². The van der Waals surface area contributed by atoms with E-state index >= 15 is 0 Å². The smallest absolute Gasteiger partial charge is 0.227 e. The largest absolute Gasteiger partial charge is 0.497 e. The highest BCUT2D eigenvalue weighted by molar-refractivity contribution is 7.99. The summed E-state index contributed by atoms with van der Waals surface area (Å²) >= 11 is 3.83. The van der Waals surface area contributed by atoms with Gasteiger partial charge in [0.1, 0.15) is 5.75 Å². The van der Waals surface area contributed by atoms with Crippen molar-refractivity contribution in [3.05, 3.63) is 102 Å². The van der Waals surface area contributed by atoms with Gasteiger partial charge in [0.2, 0.25) is 5.91 Å². The lowest BCUT2D eigenvalue weighted by atomic mass is 9.97. The molecule has 5 heteroatoms. The second-order valence-corrected chi connectivity index (χ2v) is 12.3. The van der Waals surface area contributed by atoms with Crippen LogP contribution < -0.4 is 4.74 Å². The first-order valence-electron chi connectivity index (χ1n) is 12.2. The third-order valence-corrected chi connectivity index (χ3v) is 9.38. The molecule has 3 nitrogen and oxygen atoms in total. The summed E-state index contributed by atoms with van der Waals surface area (Å²) in [6, 6.07) is 29.4. The summed E-state index contributed by atoms with van der Waals surface area (Å²) in [6.07, 6.45) is 0.908. The van der Waals surface area contributed by atoms with Gasteiger partial charge in [-0.3, -0.25) is 4.79 Å². The Morgan fingerprint density at radius 3 is 2.06 bits per heavy atom. The minimum absolute atomic E-state index is 0.0587. The fourth-order valence-corrected chi connectivity index (χ4v) is 6.89. The van der Waals surface area contributed by atoms with E-state index in [1.54, 1.807) is 7.11 Å². The van der Waals surface area contributed by atoms with Crippen LogP contribution in [0.4, 0.5) is 0 Å². The van der Waals surface area contributed by atoms with Crippen molar-refractivity contribution in [2.75, 3.05) is 12.9 Å². The van der Waals surface area contributed by atoms with Gasteiger partial charge in [0.25, 0.3) is 0 Å². The maximum atomic E-state index is 13.7. The van der Waals surface area contributed by atoms with Gasteiger partial charge in [-0.15, -0.1) is 11.8 Å². The first kappa shape index (κ1) is 25.7. The molecule has 1 aliphatic heterocycles. The maximum absolute atomic E-state index is 13.7. The average Bonchev–Trinajstić information content (AvgIpc) is 3.20. The second kappa shape index (κ2) is 12.0. The lowest BCUT2D eigenvalue weighted by molar-refractivity contribution is -0.132. The monoisotopic (exact) mass is 505 g/mol. The zero-order valence-electron chi connectivity index (χ0n) is 20.9. The standard InChI is InChI=1S/C30H35NO2S2/c1-30(2,35-21-25-12-8-5-9-13-25)28-18-26(22-34-20-24-10-6-4-7-11-24)29(32)31(28)19-23-14-16-27(33-3)17-15-23/h4-17,26,28H,18-22H2,1-3H3. The Kier molecular flexibility index (Phi) is 8.85. The number of methoxy groups -OCH3 is 1. The molecule has 0 saturated carbocycles. The van der Waals surface area contributed by atoms with E-state index in [2.05, 4.69) is 85.5 Å². The van der Waals surface area contributed by atoms with E-state index in [4.69, 9.17) is 4.74 Å². The van der Waals surface area contributed by atoms with Gasteiger partial charge in [0.15, 0.2) is 0 Å². The predicted molar refractivity (Wildman–Crippen MR) is 150 cm³/mol. The van der Waals surface area contributed by atoms with E-state index in [0.29, 0.717) is 12.5 Å². The van der Waals surface area contributed by atoms with Crippen LogP contribution in [0.2, 0.25) is 0 Å². The van der Waals surface area contributed by atoms with Gasteiger partial charge in [0.05, 0.1) is 7.11 Å². The molecule has 1 saturated heterocycles. The van der Waals surface area contributed by atoms with E-state index in [-0.39, 0.29) is 16.7 Å². The molecule has 3 aromatic rings. The number of carbonyl (C=O) groups is 1. The number of nitrogens with zero attached hydrogens (tertiary/aromatic N) is 1. The number of benzene rings is 3. The molecule has 1 fully saturated rings. The Hall–Kier alpha value is -2.37. The van der Waals surface area contributed by atoms with E-state index in [0.717, 1.165) is 35.0 Å². The van der Waals surface area contributed by atoms with Crippen LogP contribution in [0.15, 0.2) is 84.9 Å². The van der Waals surface area contributed by atoms with Crippen molar-refractivity contribution in [1.82, 2.24) is 4.90 Å². The summed E-state index contributed by atoms with van der Waals surface area (Å²) in [7, 11) is 1.68. The molecule has 184 valence electrons. The molecule has 0 aliphatic carbocycles. The van der Waals surface area contributed by atoms with E-state index in [9.17, 15) is 4.79 Å². The highest BCUT2D eigenvalue weighted by Crippen LogP contribution is 2.42. The molecule has 1 aliphatic rings. The van der Waals surface area contributed by atoms with Crippen molar-refractivity contribution in [2.45, 2.75) is 49.1 Å². The number of rotatable bonds is 11. The Morgan fingerprint density at radius 1 is 0.857 bits per heavy atom. The van der Waals surface area contributed by atoms with Gasteiger partial charge < -0.3 is 9.64 Å². The molecule has 2 atom stereocenters. The average molecular weight is 506 g/mol. The van der Waals surface area contributed by atoms with Crippen LogP contribution in [0.1, 0.15) is 37.0 Å². The summed E-state index contributed by atoms with van der Waals surface area (Å²) < 4.78 is 5.26. The van der Waals surface area contributed by atoms with Crippen LogP contribution in [-0.2, 0) is 22.8 Å². The highest BCUT2D eigenvalue weighted by atomic mass is 32.2.